The highest BCUT2D eigenvalue weighted by molar-refractivity contribution is 6.99. The number of carbonyl (C=O) groups is 3. The lowest BCUT2D eigenvalue weighted by Crippen LogP contribution is -2.66. The van der Waals surface area contributed by atoms with E-state index in [-0.39, 0.29) is 16.9 Å². The van der Waals surface area contributed by atoms with Gasteiger partial charge in [0.15, 0.2) is 6.10 Å². The zero-order valence-corrected chi connectivity index (χ0v) is 47.6. The highest BCUT2D eigenvalue weighted by Gasteiger charge is 2.50. The van der Waals surface area contributed by atoms with Crippen molar-refractivity contribution in [2.24, 2.45) is 5.92 Å². The second kappa shape index (κ2) is 24.8. The first kappa shape index (κ1) is 55.8. The van der Waals surface area contributed by atoms with E-state index in [9.17, 15) is 14.4 Å². The summed E-state index contributed by atoms with van der Waals surface area (Å²) in [6.07, 6.45) is 0.365. The summed E-state index contributed by atoms with van der Waals surface area (Å²) in [6, 6.07) is 72.6. The van der Waals surface area contributed by atoms with Crippen molar-refractivity contribution in [2.75, 3.05) is 18.9 Å². The van der Waals surface area contributed by atoms with Crippen molar-refractivity contribution >= 4 is 42.3 Å². The Labute approximate surface area is 468 Å². The molecule has 0 saturated carbocycles. The van der Waals surface area contributed by atoms with Crippen LogP contribution >= 0.6 is 0 Å². The topological polar surface area (TPSA) is 109 Å². The van der Waals surface area contributed by atoms with E-state index < -0.39 is 44.0 Å². The molecule has 0 unspecified atom stereocenters. The first-order valence-electron chi connectivity index (χ1n) is 27.7. The van der Waals surface area contributed by atoms with Crippen molar-refractivity contribution in [1.29, 1.82) is 0 Å². The molecule has 0 fully saturated rings. The van der Waals surface area contributed by atoms with E-state index in [2.05, 4.69) is 165 Å². The minimum Gasteiger partial charge on any atom is -0.436 e. The monoisotopic (exact) mass is 1070 g/mol. The van der Waals surface area contributed by atoms with Gasteiger partial charge in [-0.2, -0.15) is 0 Å². The van der Waals surface area contributed by atoms with E-state index in [1.54, 1.807) is 7.05 Å². The van der Waals surface area contributed by atoms with Crippen molar-refractivity contribution in [3.8, 4) is 11.1 Å². The molecule has 0 aromatic heterocycles. The number of hydrogen-bond acceptors (Lipinski definition) is 6. The summed E-state index contributed by atoms with van der Waals surface area (Å²) in [6.45, 7) is 13.7. The molecule has 404 valence electrons. The number of benzene rings is 8. The van der Waals surface area contributed by atoms with Gasteiger partial charge >= 0.3 is 6.09 Å². The van der Waals surface area contributed by atoms with Gasteiger partial charge in [-0.1, -0.05) is 246 Å². The van der Waals surface area contributed by atoms with E-state index in [1.807, 2.05) is 111 Å². The molecule has 0 heterocycles. The van der Waals surface area contributed by atoms with Crippen molar-refractivity contribution < 1.29 is 23.5 Å². The number of anilines is 1. The largest absolute Gasteiger partial charge is 0.436 e. The van der Waals surface area contributed by atoms with Gasteiger partial charge in [-0.3, -0.25) is 19.8 Å². The fraction of sp³-hybridized carbons (Fsp3) is 0.261. The summed E-state index contributed by atoms with van der Waals surface area (Å²) >= 11 is 0. The Hall–Kier alpha value is -7.89. The summed E-state index contributed by atoms with van der Waals surface area (Å²) in [5.41, 5.74) is 9.22. The zero-order chi connectivity index (χ0) is 55.6. The number of rotatable bonds is 21. The third-order valence-corrected chi connectivity index (χ3v) is 20.5. The average Bonchev–Trinajstić information content (AvgIpc) is 3.86. The van der Waals surface area contributed by atoms with Crippen LogP contribution in [-0.2, 0) is 30.9 Å². The van der Waals surface area contributed by atoms with Gasteiger partial charge in [0.1, 0.15) is 12.1 Å². The van der Waals surface area contributed by atoms with Crippen LogP contribution in [0, 0.1) is 12.8 Å². The lowest BCUT2D eigenvalue weighted by atomic mass is 9.76. The molecule has 8 aromatic carbocycles. The maximum atomic E-state index is 14.8. The highest BCUT2D eigenvalue weighted by Crippen LogP contribution is 2.45. The summed E-state index contributed by atoms with van der Waals surface area (Å²) in [4.78, 5) is 45.1. The van der Waals surface area contributed by atoms with Gasteiger partial charge < -0.3 is 19.8 Å². The fourth-order valence-electron chi connectivity index (χ4n) is 11.6. The van der Waals surface area contributed by atoms with Gasteiger partial charge in [0, 0.05) is 23.9 Å². The van der Waals surface area contributed by atoms with Gasteiger partial charge in [-0.25, -0.2) is 4.79 Å². The van der Waals surface area contributed by atoms with Gasteiger partial charge in [-0.15, -0.1) is 0 Å². The van der Waals surface area contributed by atoms with Crippen LogP contribution in [0.2, 0.25) is 5.04 Å². The minimum absolute atomic E-state index is 0.189. The standard InChI is InChI=1S/C69H74N4O5Si/c1-49(2)63(73(7)67(76)78-64-60-36-22-20-34-58(60)59-35-21-23-37-61(59)64)66(75)72-62(38-24-25-47-70-69(52-26-12-8-13-27-52,53-28-14-9-15-29-53)54-43-39-50(3)40-44-54)65(74)71-55-45-41-51(42-46-55)48-77-79(68(4,5)6,56-30-16-10-17-31-56)57-32-18-11-19-33-57/h8-23,26-37,39-46,49,62-64,70H,24-25,38,47-48H2,1-7H3,(H,71,74)(H,72,75)/t62-,63-/m0/s1. The number of ether oxygens (including phenoxy) is 1. The van der Waals surface area contributed by atoms with E-state index in [1.165, 1.54) is 20.8 Å². The van der Waals surface area contributed by atoms with E-state index >= 15 is 0 Å². The van der Waals surface area contributed by atoms with Crippen molar-refractivity contribution in [2.45, 2.75) is 96.2 Å². The van der Waals surface area contributed by atoms with Gasteiger partial charge in [0.25, 0.3) is 8.32 Å². The predicted molar refractivity (Wildman–Crippen MR) is 322 cm³/mol. The molecule has 0 bridgehead atoms. The number of amides is 3. The number of carbonyl (C=O) groups excluding carboxylic acids is 3. The molecule has 8 aromatic rings. The van der Waals surface area contributed by atoms with Crippen molar-refractivity contribution in [3.05, 3.63) is 257 Å². The third kappa shape index (κ3) is 12.1. The average molecular weight is 1070 g/mol. The number of nitrogens with one attached hydrogen (secondary N) is 3. The molecular weight excluding hydrogens is 993 g/mol. The third-order valence-electron chi connectivity index (χ3n) is 15.5. The van der Waals surface area contributed by atoms with Crippen LogP contribution in [0.4, 0.5) is 10.5 Å². The van der Waals surface area contributed by atoms with Crippen LogP contribution in [-0.4, -0.2) is 56.8 Å². The molecule has 9 rings (SSSR count). The van der Waals surface area contributed by atoms with Crippen molar-refractivity contribution in [1.82, 2.24) is 15.5 Å². The van der Waals surface area contributed by atoms with Crippen LogP contribution in [0.15, 0.2) is 218 Å². The number of unbranched alkanes of at least 4 members (excludes halogenated alkanes) is 1. The second-order valence-corrected chi connectivity index (χ2v) is 26.5. The second-order valence-electron chi connectivity index (χ2n) is 22.2. The maximum absolute atomic E-state index is 14.8. The van der Waals surface area contributed by atoms with Gasteiger partial charge in [-0.05, 0) is 99.6 Å². The van der Waals surface area contributed by atoms with Crippen LogP contribution in [0.5, 0.6) is 0 Å². The Bertz CT molecular complexity index is 3170. The van der Waals surface area contributed by atoms with E-state index in [4.69, 9.17) is 9.16 Å². The lowest BCUT2D eigenvalue weighted by Gasteiger charge is -2.43. The molecule has 1 aliphatic rings. The molecule has 3 amide bonds. The molecule has 0 saturated heterocycles. The number of hydrogen-bond donors (Lipinski definition) is 3. The van der Waals surface area contributed by atoms with Crippen LogP contribution in [0.3, 0.4) is 0 Å². The number of likely N-dealkylation sites (N-methyl/N-ethyl adjacent to an activating group) is 1. The molecule has 9 nitrogen and oxygen atoms in total. The minimum atomic E-state index is -2.80. The normalized spacial score (nSPS) is 13.2. The van der Waals surface area contributed by atoms with E-state index in [0.29, 0.717) is 38.1 Å². The SMILES string of the molecule is Cc1ccc(C(NCCCC[C@H](NC(=O)[C@H](C(C)C)N(C)C(=O)OC2c3ccccc3-c3ccccc32)C(=O)Nc2ccc(CO[Si](c3ccccc3)(c3ccccc3)C(C)(C)C)cc2)(c2ccccc2)c2ccccc2)cc1. The number of fused-ring (bicyclic) bond motifs is 3. The summed E-state index contributed by atoms with van der Waals surface area (Å²) in [5.74, 6) is -1.12. The highest BCUT2D eigenvalue weighted by atomic mass is 28.4. The summed E-state index contributed by atoms with van der Waals surface area (Å²) < 4.78 is 13.5. The first-order valence-corrected chi connectivity index (χ1v) is 29.6. The van der Waals surface area contributed by atoms with Crippen LogP contribution < -0.4 is 26.3 Å². The van der Waals surface area contributed by atoms with Crippen LogP contribution in [0.25, 0.3) is 11.1 Å². The van der Waals surface area contributed by atoms with Gasteiger partial charge in [0.05, 0.1) is 12.1 Å². The Kier molecular flexibility index (Phi) is 17.6. The molecule has 79 heavy (non-hydrogen) atoms. The number of nitrogens with zero attached hydrogens (tertiary/aromatic N) is 1. The molecular formula is C69H74N4O5Si. The van der Waals surface area contributed by atoms with E-state index in [0.717, 1.165) is 44.5 Å². The number of aryl methyl sites for hydroxylation is 1. The first-order chi connectivity index (χ1) is 38.2. The molecule has 1 aliphatic carbocycles. The molecule has 2 atom stereocenters. The Morgan fingerprint density at radius 3 is 1.57 bits per heavy atom. The maximum Gasteiger partial charge on any atom is 0.411 e. The Balaban J connectivity index is 0.943. The molecule has 3 N–H and O–H groups in total. The zero-order valence-electron chi connectivity index (χ0n) is 46.6. The Morgan fingerprint density at radius 1 is 0.582 bits per heavy atom. The molecule has 10 heteroatoms. The van der Waals surface area contributed by atoms with Crippen LogP contribution in [0.1, 0.15) is 98.9 Å². The lowest BCUT2D eigenvalue weighted by molar-refractivity contribution is -0.131. The Morgan fingerprint density at radius 2 is 1.06 bits per heavy atom. The predicted octanol–water partition coefficient (Wildman–Crippen LogP) is 13.1. The van der Waals surface area contributed by atoms with Crippen molar-refractivity contribution in [3.63, 3.8) is 0 Å². The smallest absolute Gasteiger partial charge is 0.411 e. The summed E-state index contributed by atoms with van der Waals surface area (Å²) in [7, 11) is -1.21. The molecule has 0 radical (unpaired) electrons. The fourth-order valence-corrected chi connectivity index (χ4v) is 16.1. The van der Waals surface area contributed by atoms with Gasteiger partial charge in [0.2, 0.25) is 11.8 Å². The molecule has 0 aliphatic heterocycles. The molecule has 0 spiro atoms. The quantitative estimate of drug-likeness (QED) is 0.0376. The summed E-state index contributed by atoms with van der Waals surface area (Å²) in [5, 5.41) is 12.5.